The van der Waals surface area contributed by atoms with Gasteiger partial charge in [-0.1, -0.05) is 6.07 Å². The highest BCUT2D eigenvalue weighted by molar-refractivity contribution is 7.09. The molecular weight excluding hydrogens is 332 g/mol. The number of nitro benzene ring substituents is 1. The zero-order chi connectivity index (χ0) is 17.5. The van der Waals surface area contributed by atoms with Crippen molar-refractivity contribution in [2.45, 2.75) is 13.3 Å². The molecule has 0 aliphatic rings. The van der Waals surface area contributed by atoms with Crippen molar-refractivity contribution in [2.24, 2.45) is 0 Å². The lowest BCUT2D eigenvalue weighted by atomic mass is 10.1. The fourth-order valence-corrected chi connectivity index (χ4v) is 2.87. The number of nitrogens with one attached hydrogen (secondary N) is 1. The van der Waals surface area contributed by atoms with E-state index < -0.39 is 10.8 Å². The fourth-order valence-electron chi connectivity index (χ4n) is 2.16. The minimum Gasteiger partial charge on any atom is -0.493 e. The lowest BCUT2D eigenvalue weighted by Gasteiger charge is -2.12. The predicted molar refractivity (Wildman–Crippen MR) is 91.2 cm³/mol. The topological polar surface area (TPSA) is 90.7 Å². The maximum atomic E-state index is 12.3. The highest BCUT2D eigenvalue weighted by Gasteiger charge is 2.24. The summed E-state index contributed by atoms with van der Waals surface area (Å²) in [6.07, 6.45) is 0.672. The van der Waals surface area contributed by atoms with Crippen LogP contribution in [0.4, 0.5) is 5.69 Å². The standard InChI is InChI=1S/C16H18N2O5S/c1-3-23-15-9-12(13(18(20)21)10-14(15)22-2)16(19)17-7-6-11-5-4-8-24-11/h4-5,8-10H,3,6-7H2,1-2H3,(H,17,19). The summed E-state index contributed by atoms with van der Waals surface area (Å²) in [6, 6.07) is 6.46. The average molecular weight is 350 g/mol. The number of carbonyl (C=O) groups excluding carboxylic acids is 1. The highest BCUT2D eigenvalue weighted by Crippen LogP contribution is 2.34. The van der Waals surface area contributed by atoms with Crippen LogP contribution < -0.4 is 14.8 Å². The lowest BCUT2D eigenvalue weighted by Crippen LogP contribution is -2.26. The van der Waals surface area contributed by atoms with E-state index in [2.05, 4.69) is 5.32 Å². The van der Waals surface area contributed by atoms with Gasteiger partial charge in [-0.3, -0.25) is 14.9 Å². The van der Waals surface area contributed by atoms with E-state index in [0.29, 0.717) is 25.3 Å². The Kier molecular flexibility index (Phi) is 6.14. The van der Waals surface area contributed by atoms with Gasteiger partial charge in [0.1, 0.15) is 5.56 Å². The number of nitro groups is 1. The molecule has 1 aromatic heterocycles. The van der Waals surface area contributed by atoms with Crippen molar-refractivity contribution in [3.8, 4) is 11.5 Å². The van der Waals surface area contributed by atoms with E-state index in [1.807, 2.05) is 17.5 Å². The van der Waals surface area contributed by atoms with Gasteiger partial charge in [0.05, 0.1) is 24.7 Å². The molecule has 1 heterocycles. The number of methoxy groups -OCH3 is 1. The van der Waals surface area contributed by atoms with E-state index in [0.717, 1.165) is 4.88 Å². The number of ether oxygens (including phenoxy) is 2. The van der Waals surface area contributed by atoms with Gasteiger partial charge in [0.25, 0.3) is 11.6 Å². The Labute approximate surface area is 143 Å². The molecule has 0 aliphatic carbocycles. The van der Waals surface area contributed by atoms with E-state index in [-0.39, 0.29) is 17.0 Å². The summed E-state index contributed by atoms with van der Waals surface area (Å²) >= 11 is 1.60. The Morgan fingerprint density at radius 1 is 1.38 bits per heavy atom. The summed E-state index contributed by atoms with van der Waals surface area (Å²) in [5.41, 5.74) is -0.362. The summed E-state index contributed by atoms with van der Waals surface area (Å²) in [5.74, 6) is 0.00885. The molecule has 1 N–H and O–H groups in total. The molecule has 0 saturated carbocycles. The normalized spacial score (nSPS) is 10.2. The van der Waals surface area contributed by atoms with Crippen LogP contribution in [0.2, 0.25) is 0 Å². The quantitative estimate of drug-likeness (QED) is 0.584. The minimum atomic E-state index is -0.605. The minimum absolute atomic E-state index is 0.0459. The number of carbonyl (C=O) groups is 1. The second-order valence-corrected chi connectivity index (χ2v) is 5.83. The number of hydrogen-bond donors (Lipinski definition) is 1. The average Bonchev–Trinajstić information content (AvgIpc) is 3.07. The summed E-state index contributed by atoms with van der Waals surface area (Å²) < 4.78 is 10.5. The Balaban J connectivity index is 2.20. The van der Waals surface area contributed by atoms with E-state index in [1.54, 1.807) is 18.3 Å². The van der Waals surface area contributed by atoms with Crippen molar-refractivity contribution in [3.63, 3.8) is 0 Å². The van der Waals surface area contributed by atoms with Gasteiger partial charge in [0, 0.05) is 17.5 Å². The molecule has 7 nitrogen and oxygen atoms in total. The SMILES string of the molecule is CCOc1cc(C(=O)NCCc2cccs2)c([N+](=O)[O-])cc1OC. The van der Waals surface area contributed by atoms with E-state index in [1.165, 1.54) is 19.2 Å². The molecule has 0 radical (unpaired) electrons. The van der Waals surface area contributed by atoms with Crippen LogP contribution in [0.15, 0.2) is 29.6 Å². The Morgan fingerprint density at radius 2 is 2.17 bits per heavy atom. The van der Waals surface area contributed by atoms with Gasteiger partial charge < -0.3 is 14.8 Å². The highest BCUT2D eigenvalue weighted by atomic mass is 32.1. The Bertz CT molecular complexity index is 716. The third kappa shape index (κ3) is 4.23. The molecule has 128 valence electrons. The van der Waals surface area contributed by atoms with E-state index >= 15 is 0 Å². The van der Waals surface area contributed by atoms with Crippen molar-refractivity contribution in [1.29, 1.82) is 0 Å². The summed E-state index contributed by atoms with van der Waals surface area (Å²) in [7, 11) is 1.39. The Hall–Kier alpha value is -2.61. The third-order valence-electron chi connectivity index (χ3n) is 3.26. The molecule has 2 aromatic rings. The first-order valence-electron chi connectivity index (χ1n) is 7.36. The first-order valence-corrected chi connectivity index (χ1v) is 8.24. The maximum absolute atomic E-state index is 12.3. The largest absolute Gasteiger partial charge is 0.493 e. The van der Waals surface area contributed by atoms with Gasteiger partial charge in [0.15, 0.2) is 11.5 Å². The van der Waals surface area contributed by atoms with Gasteiger partial charge in [0.2, 0.25) is 0 Å². The van der Waals surface area contributed by atoms with Gasteiger partial charge >= 0.3 is 0 Å². The number of nitrogens with zero attached hydrogens (tertiary/aromatic N) is 1. The van der Waals surface area contributed by atoms with Crippen molar-refractivity contribution < 1.29 is 19.2 Å². The zero-order valence-electron chi connectivity index (χ0n) is 13.4. The molecule has 2 rings (SSSR count). The van der Waals surface area contributed by atoms with Crippen LogP contribution in [0.25, 0.3) is 0 Å². The van der Waals surface area contributed by atoms with Gasteiger partial charge in [-0.2, -0.15) is 0 Å². The first-order chi connectivity index (χ1) is 11.6. The van der Waals surface area contributed by atoms with Crippen LogP contribution in [0, 0.1) is 10.1 Å². The van der Waals surface area contributed by atoms with Crippen molar-refractivity contribution in [2.75, 3.05) is 20.3 Å². The molecular formula is C16H18N2O5S. The van der Waals surface area contributed by atoms with Crippen LogP contribution in [-0.4, -0.2) is 31.1 Å². The second kappa shape index (κ2) is 8.30. The molecule has 0 atom stereocenters. The summed E-state index contributed by atoms with van der Waals surface area (Å²) in [5, 5.41) is 15.9. The number of benzene rings is 1. The van der Waals surface area contributed by atoms with Crippen molar-refractivity contribution in [1.82, 2.24) is 5.32 Å². The van der Waals surface area contributed by atoms with Gasteiger partial charge in [-0.05, 0) is 24.8 Å². The fraction of sp³-hybridized carbons (Fsp3) is 0.312. The molecule has 1 amide bonds. The predicted octanol–water partition coefficient (Wildman–Crippen LogP) is 3.04. The Morgan fingerprint density at radius 3 is 2.75 bits per heavy atom. The van der Waals surface area contributed by atoms with Crippen LogP contribution in [-0.2, 0) is 6.42 Å². The summed E-state index contributed by atoms with van der Waals surface area (Å²) in [4.78, 5) is 24.1. The maximum Gasteiger partial charge on any atom is 0.286 e. The number of thiophene rings is 1. The van der Waals surface area contributed by atoms with E-state index in [9.17, 15) is 14.9 Å². The molecule has 0 bridgehead atoms. The summed E-state index contributed by atoms with van der Waals surface area (Å²) in [6.45, 7) is 2.53. The molecule has 24 heavy (non-hydrogen) atoms. The van der Waals surface area contributed by atoms with Gasteiger partial charge in [-0.15, -0.1) is 11.3 Å². The lowest BCUT2D eigenvalue weighted by molar-refractivity contribution is -0.385. The molecule has 8 heteroatoms. The van der Waals surface area contributed by atoms with Crippen LogP contribution in [0.3, 0.4) is 0 Å². The molecule has 1 aromatic carbocycles. The monoisotopic (exact) mass is 350 g/mol. The molecule has 0 aliphatic heterocycles. The first kappa shape index (κ1) is 17.7. The van der Waals surface area contributed by atoms with Crippen molar-refractivity contribution >= 4 is 22.9 Å². The number of amides is 1. The second-order valence-electron chi connectivity index (χ2n) is 4.80. The van der Waals surface area contributed by atoms with E-state index in [4.69, 9.17) is 9.47 Å². The number of hydrogen-bond acceptors (Lipinski definition) is 6. The third-order valence-corrected chi connectivity index (χ3v) is 4.20. The van der Waals surface area contributed by atoms with Crippen molar-refractivity contribution in [3.05, 3.63) is 50.2 Å². The number of rotatable bonds is 8. The zero-order valence-corrected chi connectivity index (χ0v) is 14.2. The molecule has 0 spiro atoms. The van der Waals surface area contributed by atoms with Gasteiger partial charge in [-0.25, -0.2) is 0 Å². The molecule has 0 fully saturated rings. The van der Waals surface area contributed by atoms with Crippen LogP contribution >= 0.6 is 11.3 Å². The van der Waals surface area contributed by atoms with Crippen LogP contribution in [0.5, 0.6) is 11.5 Å². The molecule has 0 unspecified atom stereocenters. The van der Waals surface area contributed by atoms with Crippen LogP contribution in [0.1, 0.15) is 22.2 Å². The molecule has 0 saturated heterocycles. The smallest absolute Gasteiger partial charge is 0.286 e.